The van der Waals surface area contributed by atoms with E-state index in [1.165, 1.54) is 14.2 Å². The molecule has 0 aliphatic carbocycles. The number of nitrogens with one attached hydrogen (secondary N) is 1. The Morgan fingerprint density at radius 1 is 1.38 bits per heavy atom. The van der Waals surface area contributed by atoms with Crippen molar-refractivity contribution in [2.24, 2.45) is 0 Å². The predicted octanol–water partition coefficient (Wildman–Crippen LogP) is 0.215. The van der Waals surface area contributed by atoms with Crippen LogP contribution in [0.3, 0.4) is 0 Å². The van der Waals surface area contributed by atoms with Gasteiger partial charge in [0.25, 0.3) is 0 Å². The summed E-state index contributed by atoms with van der Waals surface area (Å²) in [5, 5.41) is 7.64. The van der Waals surface area contributed by atoms with Gasteiger partial charge >= 0.3 is 0 Å². The maximum Gasteiger partial charge on any atom is 0.228 e. The number of hydrogen-bond donors (Lipinski definition) is 1. The lowest BCUT2D eigenvalue weighted by Gasteiger charge is -2.22. The first-order chi connectivity index (χ1) is 7.42. The van der Waals surface area contributed by atoms with Gasteiger partial charge in [0.05, 0.1) is 12.1 Å². The third-order valence-electron chi connectivity index (χ3n) is 2.11. The van der Waals surface area contributed by atoms with Crippen LogP contribution in [0.1, 0.15) is 20.3 Å². The molecule has 0 amide bonds. The summed E-state index contributed by atoms with van der Waals surface area (Å²) in [6.07, 6.45) is -0.436. The Labute approximate surface area is 96.6 Å². The van der Waals surface area contributed by atoms with E-state index in [9.17, 15) is 8.42 Å². The molecule has 0 radical (unpaired) electrons. The fraction of sp³-hybridized carbons (Fsp3) is 0.889. The molecule has 0 heterocycles. The van der Waals surface area contributed by atoms with Gasteiger partial charge in [0, 0.05) is 14.2 Å². The molecule has 0 spiro atoms. The third kappa shape index (κ3) is 4.06. The van der Waals surface area contributed by atoms with Crippen molar-refractivity contribution < 1.29 is 17.9 Å². The Balaban J connectivity index is 4.66. The van der Waals surface area contributed by atoms with Gasteiger partial charge in [0.15, 0.2) is 11.5 Å². The fourth-order valence-electron chi connectivity index (χ4n) is 1.28. The first-order valence-corrected chi connectivity index (χ1v) is 6.43. The number of nitriles is 1. The molecule has 0 aromatic carbocycles. The van der Waals surface area contributed by atoms with E-state index in [4.69, 9.17) is 14.7 Å². The molecule has 2 atom stereocenters. The molecule has 0 fully saturated rings. The quantitative estimate of drug-likeness (QED) is 0.653. The van der Waals surface area contributed by atoms with Gasteiger partial charge in [-0.25, -0.2) is 13.1 Å². The second-order valence-electron chi connectivity index (χ2n) is 3.32. The monoisotopic (exact) mass is 250 g/mol. The molecule has 16 heavy (non-hydrogen) atoms. The molecule has 0 rings (SSSR count). The van der Waals surface area contributed by atoms with Crippen molar-refractivity contribution in [3.05, 3.63) is 0 Å². The van der Waals surface area contributed by atoms with Gasteiger partial charge in [-0.1, -0.05) is 6.92 Å². The zero-order valence-electron chi connectivity index (χ0n) is 9.93. The average Bonchev–Trinajstić information content (AvgIpc) is 2.19. The van der Waals surface area contributed by atoms with Crippen LogP contribution in [0, 0.1) is 11.3 Å². The van der Waals surface area contributed by atoms with Crippen molar-refractivity contribution in [1.82, 2.24) is 4.72 Å². The van der Waals surface area contributed by atoms with Crippen molar-refractivity contribution in [2.45, 2.75) is 37.9 Å². The van der Waals surface area contributed by atoms with Crippen LogP contribution in [0.25, 0.3) is 0 Å². The largest absolute Gasteiger partial charge is 0.354 e. The van der Waals surface area contributed by atoms with Gasteiger partial charge < -0.3 is 9.47 Å². The Bertz CT molecular complexity index is 332. The van der Waals surface area contributed by atoms with Gasteiger partial charge in [-0.15, -0.1) is 0 Å². The maximum atomic E-state index is 11.7. The number of nitrogens with zero attached hydrogens (tertiary/aromatic N) is 1. The van der Waals surface area contributed by atoms with Crippen molar-refractivity contribution in [3.8, 4) is 6.07 Å². The second-order valence-corrected chi connectivity index (χ2v) is 5.21. The summed E-state index contributed by atoms with van der Waals surface area (Å²) >= 11 is 0. The third-order valence-corrected chi connectivity index (χ3v) is 4.00. The van der Waals surface area contributed by atoms with E-state index in [-0.39, 0.29) is 6.42 Å². The maximum absolute atomic E-state index is 11.7. The zero-order chi connectivity index (χ0) is 12.8. The van der Waals surface area contributed by atoms with Crippen LogP contribution in [0.15, 0.2) is 0 Å². The van der Waals surface area contributed by atoms with Crippen LogP contribution in [0.5, 0.6) is 0 Å². The van der Waals surface area contributed by atoms with Gasteiger partial charge in [0.2, 0.25) is 10.0 Å². The van der Waals surface area contributed by atoms with Crippen molar-refractivity contribution >= 4 is 10.0 Å². The summed E-state index contributed by atoms with van der Waals surface area (Å²) in [6, 6.07) is 1.19. The SMILES string of the molecule is CCC(C#N)S(=O)(=O)NC(C)C(OC)OC. The summed E-state index contributed by atoms with van der Waals surface area (Å²) in [5.41, 5.74) is 0. The molecule has 0 saturated heterocycles. The molecule has 1 N–H and O–H groups in total. The Morgan fingerprint density at radius 2 is 1.88 bits per heavy atom. The summed E-state index contributed by atoms with van der Waals surface area (Å²) < 4.78 is 35.6. The summed E-state index contributed by atoms with van der Waals surface area (Å²) in [7, 11) is -0.824. The molecule has 0 aliphatic rings. The number of rotatable bonds is 7. The number of ether oxygens (including phenoxy) is 2. The van der Waals surface area contributed by atoms with E-state index >= 15 is 0 Å². The van der Waals surface area contributed by atoms with Crippen LogP contribution in [0.4, 0.5) is 0 Å². The predicted molar refractivity (Wildman–Crippen MR) is 59.0 cm³/mol. The lowest BCUT2D eigenvalue weighted by Crippen LogP contribution is -2.46. The first-order valence-electron chi connectivity index (χ1n) is 4.89. The zero-order valence-corrected chi connectivity index (χ0v) is 10.7. The molecule has 0 saturated carbocycles. The normalized spacial score (nSPS) is 15.8. The van der Waals surface area contributed by atoms with Crippen LogP contribution in [0.2, 0.25) is 0 Å². The van der Waals surface area contributed by atoms with Gasteiger partial charge in [-0.3, -0.25) is 0 Å². The lowest BCUT2D eigenvalue weighted by molar-refractivity contribution is -0.115. The van der Waals surface area contributed by atoms with Crippen molar-refractivity contribution in [3.63, 3.8) is 0 Å². The molecular weight excluding hydrogens is 232 g/mol. The minimum atomic E-state index is -3.66. The number of hydrogen-bond acceptors (Lipinski definition) is 5. The Morgan fingerprint density at radius 3 is 2.19 bits per heavy atom. The van der Waals surface area contributed by atoms with E-state index in [2.05, 4.69) is 4.72 Å². The highest BCUT2D eigenvalue weighted by Crippen LogP contribution is 2.07. The summed E-state index contributed by atoms with van der Waals surface area (Å²) in [4.78, 5) is 0. The molecule has 6 nitrogen and oxygen atoms in total. The number of sulfonamides is 1. The highest BCUT2D eigenvalue weighted by atomic mass is 32.2. The second kappa shape index (κ2) is 6.81. The summed E-state index contributed by atoms with van der Waals surface area (Å²) in [5.74, 6) is 0. The Kier molecular flexibility index (Phi) is 6.52. The molecule has 0 aromatic heterocycles. The van der Waals surface area contributed by atoms with Crippen LogP contribution < -0.4 is 4.72 Å². The topological polar surface area (TPSA) is 88.4 Å². The fourth-order valence-corrected chi connectivity index (χ4v) is 2.65. The standard InChI is InChI=1S/C9H18N2O4S/c1-5-8(6-10)16(12,13)11-7(2)9(14-3)15-4/h7-9,11H,5H2,1-4H3. The van der Waals surface area contributed by atoms with Gasteiger partial charge in [-0.05, 0) is 13.3 Å². The molecule has 0 bridgehead atoms. The lowest BCUT2D eigenvalue weighted by atomic mass is 10.3. The summed E-state index contributed by atoms with van der Waals surface area (Å²) in [6.45, 7) is 3.25. The molecule has 94 valence electrons. The van der Waals surface area contributed by atoms with Gasteiger partial charge in [0.1, 0.15) is 0 Å². The van der Waals surface area contributed by atoms with Crippen LogP contribution in [-0.4, -0.2) is 40.2 Å². The van der Waals surface area contributed by atoms with E-state index in [1.54, 1.807) is 19.9 Å². The highest BCUT2D eigenvalue weighted by molar-refractivity contribution is 7.90. The molecule has 0 aliphatic heterocycles. The highest BCUT2D eigenvalue weighted by Gasteiger charge is 2.28. The van der Waals surface area contributed by atoms with Crippen LogP contribution in [-0.2, 0) is 19.5 Å². The van der Waals surface area contributed by atoms with Crippen LogP contribution >= 0.6 is 0 Å². The first kappa shape index (κ1) is 15.3. The van der Waals surface area contributed by atoms with Gasteiger partial charge in [-0.2, -0.15) is 5.26 Å². The minimum Gasteiger partial charge on any atom is -0.354 e. The molecule has 2 unspecified atom stereocenters. The van der Waals surface area contributed by atoms with E-state index < -0.39 is 27.6 Å². The average molecular weight is 250 g/mol. The van der Waals surface area contributed by atoms with E-state index in [0.717, 1.165) is 0 Å². The molecule has 0 aromatic rings. The minimum absolute atomic E-state index is 0.239. The van der Waals surface area contributed by atoms with E-state index in [0.29, 0.717) is 0 Å². The van der Waals surface area contributed by atoms with E-state index in [1.807, 2.05) is 0 Å². The molecular formula is C9H18N2O4S. The molecule has 7 heteroatoms. The van der Waals surface area contributed by atoms with Crippen molar-refractivity contribution in [2.75, 3.05) is 14.2 Å². The smallest absolute Gasteiger partial charge is 0.228 e. The number of methoxy groups -OCH3 is 2. The Hall–Kier alpha value is -0.680. The van der Waals surface area contributed by atoms with Crippen molar-refractivity contribution in [1.29, 1.82) is 5.26 Å².